The van der Waals surface area contributed by atoms with Gasteiger partial charge in [0.2, 0.25) is 0 Å². The van der Waals surface area contributed by atoms with Crippen molar-refractivity contribution in [1.82, 2.24) is 25.2 Å². The van der Waals surface area contributed by atoms with E-state index in [4.69, 9.17) is 0 Å². The van der Waals surface area contributed by atoms with Gasteiger partial charge in [0.15, 0.2) is 5.82 Å². The summed E-state index contributed by atoms with van der Waals surface area (Å²) in [6, 6.07) is 0.237. The van der Waals surface area contributed by atoms with Crippen molar-refractivity contribution in [3.63, 3.8) is 0 Å². The average molecular weight is 355 g/mol. The topological polar surface area (TPSA) is 49.2 Å². The minimum atomic E-state index is 0.237. The number of likely N-dealkylation sites (tertiary alicyclic amines) is 1. The van der Waals surface area contributed by atoms with Gasteiger partial charge >= 0.3 is 0 Å². The minimum Gasteiger partial charge on any atom is -0.383 e. The molecule has 0 radical (unpaired) electrons. The van der Waals surface area contributed by atoms with Crippen LogP contribution in [-0.4, -0.2) is 53.1 Å². The fraction of sp³-hybridized carbons (Fsp3) is 0.400. The highest BCUT2D eigenvalue weighted by Gasteiger charge is 2.28. The molecule has 0 spiro atoms. The van der Waals surface area contributed by atoms with Crippen LogP contribution in [-0.2, 0) is 6.54 Å². The lowest BCUT2D eigenvalue weighted by atomic mass is 10.1. The van der Waals surface area contributed by atoms with Gasteiger partial charge in [-0.1, -0.05) is 44.5 Å². The molecule has 6 nitrogen and oxygen atoms in total. The number of rotatable bonds is 10. The molecule has 1 aromatic heterocycles. The smallest absolute Gasteiger partial charge is 0.170 e. The zero-order valence-electron chi connectivity index (χ0n) is 16.0. The molecule has 1 aliphatic heterocycles. The highest BCUT2D eigenvalue weighted by Crippen LogP contribution is 2.26. The Morgan fingerprint density at radius 3 is 2.77 bits per heavy atom. The van der Waals surface area contributed by atoms with Crippen molar-refractivity contribution < 1.29 is 0 Å². The maximum Gasteiger partial charge on any atom is 0.170 e. The van der Waals surface area contributed by atoms with E-state index in [0.29, 0.717) is 13.1 Å². The molecule has 1 atom stereocenters. The summed E-state index contributed by atoms with van der Waals surface area (Å²) in [7, 11) is 3.90. The van der Waals surface area contributed by atoms with Gasteiger partial charge in [0.1, 0.15) is 0 Å². The summed E-state index contributed by atoms with van der Waals surface area (Å²) in [6.07, 6.45) is 9.50. The van der Waals surface area contributed by atoms with Gasteiger partial charge in [0, 0.05) is 38.6 Å². The summed E-state index contributed by atoms with van der Waals surface area (Å²) in [4.78, 5) is 5.93. The molecule has 2 rings (SSSR count). The van der Waals surface area contributed by atoms with Crippen LogP contribution in [0, 0.1) is 0 Å². The van der Waals surface area contributed by atoms with Crippen LogP contribution < -0.4 is 10.2 Å². The van der Waals surface area contributed by atoms with Crippen LogP contribution in [0.3, 0.4) is 0 Å². The molecule has 0 saturated carbocycles. The molecule has 1 fully saturated rings. The van der Waals surface area contributed by atoms with Gasteiger partial charge in [0.25, 0.3) is 0 Å². The molecule has 1 aliphatic rings. The van der Waals surface area contributed by atoms with Crippen molar-refractivity contribution >= 4 is 5.82 Å². The Balaban J connectivity index is 1.96. The van der Waals surface area contributed by atoms with E-state index in [1.807, 2.05) is 31.1 Å². The maximum absolute atomic E-state index is 4.46. The van der Waals surface area contributed by atoms with Crippen molar-refractivity contribution in [3.05, 3.63) is 67.7 Å². The van der Waals surface area contributed by atoms with E-state index >= 15 is 0 Å². The average Bonchev–Trinajstić information content (AvgIpc) is 3.27. The number of anilines is 1. The van der Waals surface area contributed by atoms with E-state index in [1.54, 1.807) is 17.1 Å². The number of allylic oxidation sites excluding steroid dienone is 3. The van der Waals surface area contributed by atoms with Gasteiger partial charge < -0.3 is 15.1 Å². The van der Waals surface area contributed by atoms with Crippen LogP contribution in [0.1, 0.15) is 12.8 Å². The third-order valence-electron chi connectivity index (χ3n) is 4.48. The Bertz CT molecular complexity index is 697. The molecule has 1 N–H and O–H groups in total. The summed E-state index contributed by atoms with van der Waals surface area (Å²) >= 11 is 0. The number of hydrogen-bond donors (Lipinski definition) is 1. The number of nitrogens with zero attached hydrogens (tertiary/aromatic N) is 5. The lowest BCUT2D eigenvalue weighted by molar-refractivity contribution is 0.318. The second kappa shape index (κ2) is 9.08. The lowest BCUT2D eigenvalue weighted by Crippen LogP contribution is -2.36. The van der Waals surface area contributed by atoms with Crippen LogP contribution in [0.2, 0.25) is 0 Å². The lowest BCUT2D eigenvalue weighted by Gasteiger charge is -2.30. The summed E-state index contributed by atoms with van der Waals surface area (Å²) in [6.45, 7) is 18.3. The Labute approximate surface area is 156 Å². The van der Waals surface area contributed by atoms with Gasteiger partial charge in [0.05, 0.1) is 18.8 Å². The van der Waals surface area contributed by atoms with Crippen molar-refractivity contribution in [2.75, 3.05) is 32.1 Å². The second-order valence-corrected chi connectivity index (χ2v) is 6.61. The molecule has 6 heteroatoms. The first-order chi connectivity index (χ1) is 12.5. The zero-order valence-corrected chi connectivity index (χ0v) is 16.0. The minimum absolute atomic E-state index is 0.237. The van der Waals surface area contributed by atoms with Crippen molar-refractivity contribution in [2.45, 2.75) is 25.4 Å². The van der Waals surface area contributed by atoms with E-state index in [2.05, 4.69) is 46.7 Å². The normalized spacial score (nSPS) is 17.1. The highest BCUT2D eigenvalue weighted by molar-refractivity contribution is 5.31. The SMILES string of the molecule is C=C/C=C(\C=C)CNC(=C)C1CCCN1C(=C)Cn1ncc(N(C)C)n1. The molecule has 1 saturated heterocycles. The first-order valence-corrected chi connectivity index (χ1v) is 8.84. The largest absolute Gasteiger partial charge is 0.383 e. The Hall–Kier alpha value is -2.76. The third-order valence-corrected chi connectivity index (χ3v) is 4.48. The fourth-order valence-electron chi connectivity index (χ4n) is 3.01. The Kier molecular flexibility index (Phi) is 6.83. The molecular formula is C20H30N6. The molecule has 1 aromatic rings. The molecule has 0 amide bonds. The molecule has 0 bridgehead atoms. The van der Waals surface area contributed by atoms with Crippen LogP contribution in [0.4, 0.5) is 5.82 Å². The monoisotopic (exact) mass is 354 g/mol. The van der Waals surface area contributed by atoms with Gasteiger partial charge in [-0.2, -0.15) is 9.90 Å². The molecular weight excluding hydrogens is 324 g/mol. The van der Waals surface area contributed by atoms with Gasteiger partial charge in [-0.3, -0.25) is 0 Å². The molecule has 0 aromatic carbocycles. The first-order valence-electron chi connectivity index (χ1n) is 8.84. The van der Waals surface area contributed by atoms with E-state index in [0.717, 1.165) is 42.2 Å². The quantitative estimate of drug-likeness (QED) is 0.655. The predicted octanol–water partition coefficient (Wildman–Crippen LogP) is 2.72. The number of aromatic nitrogens is 3. The van der Waals surface area contributed by atoms with Crippen LogP contribution in [0.25, 0.3) is 0 Å². The summed E-state index contributed by atoms with van der Waals surface area (Å²) < 4.78 is 0. The van der Waals surface area contributed by atoms with Crippen molar-refractivity contribution in [1.29, 1.82) is 0 Å². The fourth-order valence-corrected chi connectivity index (χ4v) is 3.01. The summed E-state index contributed by atoms with van der Waals surface area (Å²) in [5.41, 5.74) is 3.09. The van der Waals surface area contributed by atoms with Crippen LogP contribution >= 0.6 is 0 Å². The van der Waals surface area contributed by atoms with Crippen LogP contribution in [0.5, 0.6) is 0 Å². The molecule has 2 heterocycles. The first kappa shape index (κ1) is 19.6. The van der Waals surface area contributed by atoms with E-state index in [-0.39, 0.29) is 6.04 Å². The highest BCUT2D eigenvalue weighted by atomic mass is 15.5. The van der Waals surface area contributed by atoms with Gasteiger partial charge in [-0.25, -0.2) is 0 Å². The summed E-state index contributed by atoms with van der Waals surface area (Å²) in [5.74, 6) is 0.841. The van der Waals surface area contributed by atoms with Gasteiger partial charge in [-0.15, -0.1) is 5.10 Å². The Morgan fingerprint density at radius 1 is 1.38 bits per heavy atom. The molecule has 26 heavy (non-hydrogen) atoms. The van der Waals surface area contributed by atoms with E-state index in [9.17, 15) is 0 Å². The van der Waals surface area contributed by atoms with E-state index < -0.39 is 0 Å². The summed E-state index contributed by atoms with van der Waals surface area (Å²) in [5, 5.41) is 12.2. The van der Waals surface area contributed by atoms with Crippen LogP contribution in [0.15, 0.2) is 67.7 Å². The van der Waals surface area contributed by atoms with Crippen molar-refractivity contribution in [3.8, 4) is 0 Å². The standard InChI is InChI=1S/C20H30N6/c1-7-10-18(8-2)13-21-17(4)19-11-9-12-25(19)16(3)15-26-22-14-20(23-26)24(5)6/h7-8,10,14,19,21H,1-4,9,11-13,15H2,5-6H3/b18-10+. The molecule has 140 valence electrons. The molecule has 0 aliphatic carbocycles. The number of nitrogens with one attached hydrogen (secondary N) is 1. The second-order valence-electron chi connectivity index (χ2n) is 6.61. The zero-order chi connectivity index (χ0) is 19.1. The van der Waals surface area contributed by atoms with Gasteiger partial charge in [-0.05, 0) is 18.4 Å². The predicted molar refractivity (Wildman–Crippen MR) is 109 cm³/mol. The van der Waals surface area contributed by atoms with E-state index in [1.165, 1.54) is 0 Å². The Morgan fingerprint density at radius 2 is 2.15 bits per heavy atom. The van der Waals surface area contributed by atoms with Crippen molar-refractivity contribution in [2.24, 2.45) is 0 Å². The third kappa shape index (κ3) is 4.88. The maximum atomic E-state index is 4.46. The number of hydrogen-bond acceptors (Lipinski definition) is 5. The molecule has 1 unspecified atom stereocenters.